The SMILES string of the molecule is OCc1ccc(CNCCn2cccn2)o1. The van der Waals surface area contributed by atoms with Crippen molar-refractivity contribution in [2.45, 2.75) is 19.7 Å². The van der Waals surface area contributed by atoms with Gasteiger partial charge in [0.15, 0.2) is 0 Å². The maximum Gasteiger partial charge on any atom is 0.129 e. The Morgan fingerprint density at radius 1 is 1.38 bits per heavy atom. The third-order valence-corrected chi connectivity index (χ3v) is 2.25. The second kappa shape index (κ2) is 5.48. The van der Waals surface area contributed by atoms with E-state index < -0.39 is 0 Å². The largest absolute Gasteiger partial charge is 0.462 e. The average molecular weight is 221 g/mol. The Labute approximate surface area is 93.7 Å². The molecule has 0 fully saturated rings. The Balaban J connectivity index is 1.68. The molecule has 2 aromatic rings. The van der Waals surface area contributed by atoms with Gasteiger partial charge in [-0.25, -0.2) is 0 Å². The Kier molecular flexibility index (Phi) is 3.74. The zero-order valence-electron chi connectivity index (χ0n) is 8.97. The second-order valence-corrected chi connectivity index (χ2v) is 3.47. The van der Waals surface area contributed by atoms with E-state index in [9.17, 15) is 0 Å². The van der Waals surface area contributed by atoms with E-state index in [1.165, 1.54) is 0 Å². The van der Waals surface area contributed by atoms with Crippen LogP contribution in [-0.2, 0) is 19.7 Å². The fourth-order valence-corrected chi connectivity index (χ4v) is 1.44. The summed E-state index contributed by atoms with van der Waals surface area (Å²) in [6.45, 7) is 2.28. The zero-order valence-corrected chi connectivity index (χ0v) is 8.97. The molecule has 0 saturated carbocycles. The molecule has 2 heterocycles. The van der Waals surface area contributed by atoms with Gasteiger partial charge in [0.05, 0.1) is 13.1 Å². The molecule has 0 aliphatic heterocycles. The van der Waals surface area contributed by atoms with Gasteiger partial charge in [-0.15, -0.1) is 0 Å². The maximum absolute atomic E-state index is 8.82. The van der Waals surface area contributed by atoms with E-state index in [4.69, 9.17) is 9.52 Å². The number of nitrogens with one attached hydrogen (secondary N) is 1. The average Bonchev–Trinajstić information content (AvgIpc) is 2.95. The van der Waals surface area contributed by atoms with Crippen molar-refractivity contribution in [3.05, 3.63) is 42.1 Å². The molecule has 0 aliphatic rings. The predicted molar refractivity (Wildman–Crippen MR) is 58.6 cm³/mol. The number of nitrogens with zero attached hydrogens (tertiary/aromatic N) is 2. The molecule has 2 aromatic heterocycles. The predicted octanol–water partition coefficient (Wildman–Crippen LogP) is 0.758. The summed E-state index contributed by atoms with van der Waals surface area (Å²) in [4.78, 5) is 0. The van der Waals surface area contributed by atoms with Gasteiger partial charge < -0.3 is 14.8 Å². The molecule has 0 unspecified atom stereocenters. The second-order valence-electron chi connectivity index (χ2n) is 3.47. The highest BCUT2D eigenvalue weighted by atomic mass is 16.4. The van der Waals surface area contributed by atoms with E-state index in [0.29, 0.717) is 12.3 Å². The van der Waals surface area contributed by atoms with Crippen molar-refractivity contribution in [2.24, 2.45) is 0 Å². The molecule has 2 rings (SSSR count). The number of aromatic nitrogens is 2. The molecular weight excluding hydrogens is 206 g/mol. The minimum absolute atomic E-state index is 0.0483. The zero-order chi connectivity index (χ0) is 11.2. The fraction of sp³-hybridized carbons (Fsp3) is 0.364. The summed E-state index contributed by atoms with van der Waals surface area (Å²) in [6.07, 6.45) is 3.69. The third kappa shape index (κ3) is 2.95. The Hall–Kier alpha value is -1.59. The number of aliphatic hydroxyl groups is 1. The molecule has 86 valence electrons. The highest BCUT2D eigenvalue weighted by Gasteiger charge is 1.99. The van der Waals surface area contributed by atoms with Crippen LogP contribution in [0.15, 0.2) is 35.0 Å². The monoisotopic (exact) mass is 221 g/mol. The van der Waals surface area contributed by atoms with Gasteiger partial charge in [-0.3, -0.25) is 4.68 Å². The Morgan fingerprint density at radius 2 is 2.25 bits per heavy atom. The molecule has 5 nitrogen and oxygen atoms in total. The summed E-state index contributed by atoms with van der Waals surface area (Å²) in [5.74, 6) is 1.44. The standard InChI is InChI=1S/C11H15N3O2/c15-9-11-3-2-10(16-11)8-12-5-7-14-6-1-4-13-14/h1-4,6,12,15H,5,7-9H2. The molecule has 0 atom stereocenters. The minimum Gasteiger partial charge on any atom is -0.462 e. The van der Waals surface area contributed by atoms with Gasteiger partial charge in [0.1, 0.15) is 18.1 Å². The number of hydrogen-bond acceptors (Lipinski definition) is 4. The summed E-state index contributed by atoms with van der Waals surface area (Å²) in [5, 5.41) is 16.2. The van der Waals surface area contributed by atoms with E-state index in [1.807, 2.05) is 23.0 Å². The summed E-state index contributed by atoms with van der Waals surface area (Å²) < 4.78 is 7.20. The van der Waals surface area contributed by atoms with Gasteiger partial charge in [-0.2, -0.15) is 5.10 Å². The van der Waals surface area contributed by atoms with Crippen LogP contribution in [-0.4, -0.2) is 21.4 Å². The van der Waals surface area contributed by atoms with Crippen LogP contribution in [0.25, 0.3) is 0 Å². The number of aliphatic hydroxyl groups excluding tert-OH is 1. The van der Waals surface area contributed by atoms with Gasteiger partial charge in [0.25, 0.3) is 0 Å². The first-order valence-electron chi connectivity index (χ1n) is 5.25. The highest BCUT2D eigenvalue weighted by Crippen LogP contribution is 2.06. The molecule has 16 heavy (non-hydrogen) atoms. The molecule has 0 aliphatic carbocycles. The van der Waals surface area contributed by atoms with Gasteiger partial charge in [0, 0.05) is 18.9 Å². The number of hydrogen-bond donors (Lipinski definition) is 2. The molecular formula is C11H15N3O2. The van der Waals surface area contributed by atoms with Crippen LogP contribution in [0.4, 0.5) is 0 Å². The van der Waals surface area contributed by atoms with E-state index >= 15 is 0 Å². The van der Waals surface area contributed by atoms with Crippen LogP contribution < -0.4 is 5.32 Å². The van der Waals surface area contributed by atoms with Crippen molar-refractivity contribution in [1.82, 2.24) is 15.1 Å². The molecule has 0 spiro atoms. The topological polar surface area (TPSA) is 63.2 Å². The van der Waals surface area contributed by atoms with Crippen molar-refractivity contribution in [3.63, 3.8) is 0 Å². The van der Waals surface area contributed by atoms with Crippen molar-refractivity contribution in [3.8, 4) is 0 Å². The molecule has 0 aromatic carbocycles. The molecule has 2 N–H and O–H groups in total. The quantitative estimate of drug-likeness (QED) is 0.707. The van der Waals surface area contributed by atoms with Crippen LogP contribution in [0.3, 0.4) is 0 Å². The summed E-state index contributed by atoms with van der Waals surface area (Å²) >= 11 is 0. The fourth-order valence-electron chi connectivity index (χ4n) is 1.44. The van der Waals surface area contributed by atoms with Gasteiger partial charge >= 0.3 is 0 Å². The first-order chi connectivity index (χ1) is 7.88. The van der Waals surface area contributed by atoms with Crippen molar-refractivity contribution >= 4 is 0 Å². The van der Waals surface area contributed by atoms with E-state index in [2.05, 4.69) is 10.4 Å². The summed E-state index contributed by atoms with van der Waals surface area (Å²) in [7, 11) is 0. The molecule has 5 heteroatoms. The minimum atomic E-state index is -0.0483. The third-order valence-electron chi connectivity index (χ3n) is 2.25. The van der Waals surface area contributed by atoms with Crippen LogP contribution >= 0.6 is 0 Å². The van der Waals surface area contributed by atoms with Crippen molar-refractivity contribution < 1.29 is 9.52 Å². The molecule has 0 radical (unpaired) electrons. The smallest absolute Gasteiger partial charge is 0.129 e. The first kappa shape index (κ1) is 10.9. The van der Waals surface area contributed by atoms with Crippen molar-refractivity contribution in [2.75, 3.05) is 6.54 Å². The van der Waals surface area contributed by atoms with E-state index in [0.717, 1.165) is 18.8 Å². The summed E-state index contributed by atoms with van der Waals surface area (Å²) in [5.41, 5.74) is 0. The van der Waals surface area contributed by atoms with Crippen LogP contribution in [0, 0.1) is 0 Å². The Morgan fingerprint density at radius 3 is 2.94 bits per heavy atom. The Bertz CT molecular complexity index is 409. The lowest BCUT2D eigenvalue weighted by Crippen LogP contribution is -2.19. The van der Waals surface area contributed by atoms with Crippen LogP contribution in [0.1, 0.15) is 11.5 Å². The van der Waals surface area contributed by atoms with Crippen LogP contribution in [0.2, 0.25) is 0 Å². The van der Waals surface area contributed by atoms with Crippen LogP contribution in [0.5, 0.6) is 0 Å². The lowest BCUT2D eigenvalue weighted by molar-refractivity contribution is 0.242. The first-order valence-corrected chi connectivity index (χ1v) is 5.25. The lowest BCUT2D eigenvalue weighted by atomic mass is 10.4. The lowest BCUT2D eigenvalue weighted by Gasteiger charge is -2.02. The molecule has 0 bridgehead atoms. The molecule has 0 amide bonds. The van der Waals surface area contributed by atoms with E-state index in [1.54, 1.807) is 12.3 Å². The summed E-state index contributed by atoms with van der Waals surface area (Å²) in [6, 6.07) is 5.55. The highest BCUT2D eigenvalue weighted by molar-refractivity contribution is 5.05. The van der Waals surface area contributed by atoms with Gasteiger partial charge in [0.2, 0.25) is 0 Å². The normalized spacial score (nSPS) is 10.8. The maximum atomic E-state index is 8.82. The van der Waals surface area contributed by atoms with Gasteiger partial charge in [-0.1, -0.05) is 0 Å². The number of furan rings is 1. The number of rotatable bonds is 6. The van der Waals surface area contributed by atoms with Crippen molar-refractivity contribution in [1.29, 1.82) is 0 Å². The van der Waals surface area contributed by atoms with Gasteiger partial charge in [-0.05, 0) is 18.2 Å². The van der Waals surface area contributed by atoms with E-state index in [-0.39, 0.29) is 6.61 Å². The molecule has 0 saturated heterocycles.